The van der Waals surface area contributed by atoms with E-state index in [9.17, 15) is 15.3 Å². The number of allylic oxidation sites excluding steroid dienone is 2. The Hall–Kier alpha value is -0.460. The van der Waals surface area contributed by atoms with Crippen molar-refractivity contribution >= 4 is 0 Å². The molecule has 0 unspecified atom stereocenters. The first-order valence-corrected chi connectivity index (χ1v) is 10.0. The van der Waals surface area contributed by atoms with Gasteiger partial charge in [-0.25, -0.2) is 0 Å². The van der Waals surface area contributed by atoms with Crippen LogP contribution in [0.5, 0.6) is 0 Å². The predicted octanol–water partition coefficient (Wildman–Crippen LogP) is 2.96. The van der Waals surface area contributed by atoms with Crippen molar-refractivity contribution in [3.05, 3.63) is 12.2 Å². The second kappa shape index (κ2) is 14.7. The lowest BCUT2D eigenvalue weighted by Crippen LogP contribution is -2.54. The molecule has 148 valence electrons. The highest BCUT2D eigenvalue weighted by Crippen LogP contribution is 2.16. The van der Waals surface area contributed by atoms with Crippen LogP contribution >= 0.6 is 0 Å². The topological polar surface area (TPSA) is 79.2 Å². The van der Waals surface area contributed by atoms with E-state index in [1.165, 1.54) is 44.9 Å². The van der Waals surface area contributed by atoms with Crippen LogP contribution < -0.4 is 0 Å². The largest absolute Gasteiger partial charge is 0.388 e. The zero-order valence-electron chi connectivity index (χ0n) is 15.8. The molecular formula is C20H38O5. The maximum Gasteiger partial charge on any atom is 0.111 e. The Morgan fingerprint density at radius 3 is 2.20 bits per heavy atom. The number of rotatable bonds is 14. The van der Waals surface area contributed by atoms with Gasteiger partial charge in [-0.3, -0.25) is 0 Å². The van der Waals surface area contributed by atoms with Crippen molar-refractivity contribution in [2.75, 3.05) is 19.8 Å². The molecule has 4 atom stereocenters. The van der Waals surface area contributed by atoms with Crippen molar-refractivity contribution in [1.29, 1.82) is 0 Å². The van der Waals surface area contributed by atoms with Crippen molar-refractivity contribution in [2.45, 2.75) is 95.5 Å². The standard InChI is InChI=1S/C20H38O5/c1-2-3-4-5-6-7-8-9-10-11-12-13-14-24-16-18-20(23)19(22)17(21)15-25-18/h7-8,17-23H,2-6,9-16H2,1H3/b8-7+/t17-,18+,19+,20+/m1/s1. The van der Waals surface area contributed by atoms with Crippen LogP contribution in [0, 0.1) is 0 Å². The fraction of sp³-hybridized carbons (Fsp3) is 0.900. The predicted molar refractivity (Wildman–Crippen MR) is 99.6 cm³/mol. The molecule has 0 bridgehead atoms. The van der Waals surface area contributed by atoms with Gasteiger partial charge in [-0.05, 0) is 32.1 Å². The van der Waals surface area contributed by atoms with Crippen LogP contribution in [-0.4, -0.2) is 59.6 Å². The van der Waals surface area contributed by atoms with E-state index in [1.807, 2.05) is 0 Å². The number of hydrogen-bond donors (Lipinski definition) is 3. The first-order chi connectivity index (χ1) is 12.2. The maximum atomic E-state index is 9.79. The molecule has 0 amide bonds. The summed E-state index contributed by atoms with van der Waals surface area (Å²) in [6, 6.07) is 0. The summed E-state index contributed by atoms with van der Waals surface area (Å²) < 4.78 is 10.8. The summed E-state index contributed by atoms with van der Waals surface area (Å²) in [5.41, 5.74) is 0. The summed E-state index contributed by atoms with van der Waals surface area (Å²) in [6.07, 6.45) is 13.1. The van der Waals surface area contributed by atoms with Gasteiger partial charge in [-0.1, -0.05) is 51.2 Å². The van der Waals surface area contributed by atoms with Gasteiger partial charge in [0.1, 0.15) is 24.4 Å². The van der Waals surface area contributed by atoms with Gasteiger partial charge in [-0.2, -0.15) is 0 Å². The molecule has 1 aliphatic heterocycles. The van der Waals surface area contributed by atoms with Gasteiger partial charge in [0.25, 0.3) is 0 Å². The molecule has 1 rings (SSSR count). The number of ether oxygens (including phenoxy) is 2. The van der Waals surface area contributed by atoms with Crippen LogP contribution in [0.1, 0.15) is 71.1 Å². The van der Waals surface area contributed by atoms with Gasteiger partial charge in [-0.15, -0.1) is 0 Å². The number of aliphatic hydroxyl groups is 3. The Bertz CT molecular complexity index is 334. The quantitative estimate of drug-likeness (QED) is 0.329. The summed E-state index contributed by atoms with van der Waals surface area (Å²) in [5.74, 6) is 0. The molecule has 0 aliphatic carbocycles. The average Bonchev–Trinajstić information content (AvgIpc) is 2.61. The van der Waals surface area contributed by atoms with Gasteiger partial charge < -0.3 is 24.8 Å². The number of unbranched alkanes of at least 4 members (excludes halogenated alkanes) is 8. The van der Waals surface area contributed by atoms with E-state index < -0.39 is 24.4 Å². The molecule has 1 aliphatic rings. The van der Waals surface area contributed by atoms with E-state index in [4.69, 9.17) is 9.47 Å². The van der Waals surface area contributed by atoms with Crippen molar-refractivity contribution < 1.29 is 24.8 Å². The lowest BCUT2D eigenvalue weighted by atomic mass is 10.0. The summed E-state index contributed by atoms with van der Waals surface area (Å²) in [7, 11) is 0. The van der Waals surface area contributed by atoms with Crippen LogP contribution in [0.2, 0.25) is 0 Å². The van der Waals surface area contributed by atoms with Gasteiger partial charge in [0.15, 0.2) is 0 Å². The number of aliphatic hydroxyl groups excluding tert-OH is 3. The second-order valence-corrected chi connectivity index (χ2v) is 7.02. The van der Waals surface area contributed by atoms with E-state index in [2.05, 4.69) is 19.1 Å². The van der Waals surface area contributed by atoms with Crippen LogP contribution in [0.25, 0.3) is 0 Å². The van der Waals surface area contributed by atoms with E-state index in [0.717, 1.165) is 19.3 Å². The molecule has 1 fully saturated rings. The summed E-state index contributed by atoms with van der Waals surface area (Å²) >= 11 is 0. The first-order valence-electron chi connectivity index (χ1n) is 10.0. The molecule has 0 aromatic heterocycles. The fourth-order valence-electron chi connectivity index (χ4n) is 2.96. The molecule has 1 heterocycles. The minimum atomic E-state index is -1.15. The molecule has 0 radical (unpaired) electrons. The maximum absolute atomic E-state index is 9.79. The molecule has 5 nitrogen and oxygen atoms in total. The zero-order valence-corrected chi connectivity index (χ0v) is 15.8. The fourth-order valence-corrected chi connectivity index (χ4v) is 2.96. The van der Waals surface area contributed by atoms with Crippen molar-refractivity contribution in [2.24, 2.45) is 0 Å². The van der Waals surface area contributed by atoms with E-state index >= 15 is 0 Å². The molecular weight excluding hydrogens is 320 g/mol. The van der Waals surface area contributed by atoms with Crippen LogP contribution in [0.15, 0.2) is 12.2 Å². The third-order valence-electron chi connectivity index (χ3n) is 4.69. The Morgan fingerprint density at radius 2 is 1.52 bits per heavy atom. The highest BCUT2D eigenvalue weighted by molar-refractivity contribution is 4.86. The minimum absolute atomic E-state index is 0.0401. The summed E-state index contributed by atoms with van der Waals surface area (Å²) in [5, 5.41) is 28.8. The third kappa shape index (κ3) is 10.3. The first kappa shape index (κ1) is 22.6. The highest BCUT2D eigenvalue weighted by Gasteiger charge is 2.37. The Morgan fingerprint density at radius 1 is 0.880 bits per heavy atom. The lowest BCUT2D eigenvalue weighted by Gasteiger charge is -2.35. The highest BCUT2D eigenvalue weighted by atomic mass is 16.6. The molecule has 0 spiro atoms. The third-order valence-corrected chi connectivity index (χ3v) is 4.69. The Kier molecular flexibility index (Phi) is 13.3. The average molecular weight is 359 g/mol. The van der Waals surface area contributed by atoms with Crippen LogP contribution in [-0.2, 0) is 9.47 Å². The summed E-state index contributed by atoms with van der Waals surface area (Å²) in [4.78, 5) is 0. The Labute approximate surface area is 153 Å². The lowest BCUT2D eigenvalue weighted by molar-refractivity contribution is -0.199. The van der Waals surface area contributed by atoms with E-state index in [1.54, 1.807) is 0 Å². The second-order valence-electron chi connectivity index (χ2n) is 7.02. The molecule has 3 N–H and O–H groups in total. The van der Waals surface area contributed by atoms with E-state index in [0.29, 0.717) is 6.61 Å². The number of hydrogen-bond acceptors (Lipinski definition) is 5. The van der Waals surface area contributed by atoms with Crippen molar-refractivity contribution in [3.8, 4) is 0 Å². The minimum Gasteiger partial charge on any atom is -0.388 e. The van der Waals surface area contributed by atoms with Crippen molar-refractivity contribution in [1.82, 2.24) is 0 Å². The van der Waals surface area contributed by atoms with Gasteiger partial charge in [0.05, 0.1) is 13.2 Å². The smallest absolute Gasteiger partial charge is 0.111 e. The van der Waals surface area contributed by atoms with E-state index in [-0.39, 0.29) is 13.2 Å². The molecule has 25 heavy (non-hydrogen) atoms. The molecule has 5 heteroatoms. The van der Waals surface area contributed by atoms with Crippen LogP contribution in [0.4, 0.5) is 0 Å². The normalized spacial score (nSPS) is 27.2. The monoisotopic (exact) mass is 358 g/mol. The van der Waals surface area contributed by atoms with Gasteiger partial charge in [0.2, 0.25) is 0 Å². The Balaban J connectivity index is 1.87. The summed E-state index contributed by atoms with van der Waals surface area (Å²) in [6.45, 7) is 3.17. The molecule has 0 saturated carbocycles. The van der Waals surface area contributed by atoms with Crippen molar-refractivity contribution in [3.63, 3.8) is 0 Å². The molecule has 0 aromatic rings. The van der Waals surface area contributed by atoms with Gasteiger partial charge >= 0.3 is 0 Å². The SMILES string of the molecule is CCCCCC/C=C/CCCCCCOC[C@@H]1OC[C@@H](O)[C@H](O)[C@H]1O. The molecule has 0 aromatic carbocycles. The van der Waals surface area contributed by atoms with Crippen LogP contribution in [0.3, 0.4) is 0 Å². The van der Waals surface area contributed by atoms with Gasteiger partial charge in [0, 0.05) is 6.61 Å². The molecule has 1 saturated heterocycles. The zero-order chi connectivity index (χ0) is 18.3.